The van der Waals surface area contributed by atoms with Crippen molar-refractivity contribution in [2.75, 3.05) is 0 Å². The molecule has 0 aromatic heterocycles. The van der Waals surface area contributed by atoms with Crippen LogP contribution in [0, 0.1) is 12.2 Å². The summed E-state index contributed by atoms with van der Waals surface area (Å²) >= 11 is 0. The number of rotatable bonds is 0. The Balaban J connectivity index is 0.000000364. The Bertz CT molecular complexity index is 494. The van der Waals surface area contributed by atoms with Gasteiger partial charge in [0.1, 0.15) is 0 Å². The van der Waals surface area contributed by atoms with Crippen LogP contribution < -0.4 is 0 Å². The van der Waals surface area contributed by atoms with Crippen LogP contribution in [0.5, 0.6) is 0 Å². The van der Waals surface area contributed by atoms with E-state index in [1.54, 1.807) is 0 Å². The molecule has 0 fully saturated rings. The Hall–Kier alpha value is 0.264. The fraction of sp³-hybridized carbons (Fsp3) is 0.556. The molecule has 116 valence electrons. The zero-order valence-electron chi connectivity index (χ0n) is 15.5. The van der Waals surface area contributed by atoms with Crippen molar-refractivity contribution in [3.05, 3.63) is 45.6 Å². The van der Waals surface area contributed by atoms with Gasteiger partial charge in [0.05, 0.1) is 0 Å². The van der Waals surface area contributed by atoms with Crippen molar-refractivity contribution in [2.45, 2.75) is 65.5 Å². The van der Waals surface area contributed by atoms with Crippen molar-refractivity contribution < 1.29 is 25.8 Å². The molecule has 0 spiro atoms. The molecule has 21 heavy (non-hydrogen) atoms. The third-order valence-corrected chi connectivity index (χ3v) is 7.12. The van der Waals surface area contributed by atoms with E-state index in [1.807, 2.05) is 0 Å². The summed E-state index contributed by atoms with van der Waals surface area (Å²) in [6.45, 7) is 17.7. The summed E-state index contributed by atoms with van der Waals surface area (Å²) < 4.78 is 0. The minimum absolute atomic E-state index is 0. The summed E-state index contributed by atoms with van der Waals surface area (Å²) in [5, 5.41) is 0.655. The first-order valence-electron chi connectivity index (χ1n) is 7.50. The molecule has 0 heterocycles. The third-order valence-electron chi connectivity index (χ3n) is 5.12. The summed E-state index contributed by atoms with van der Waals surface area (Å²) in [7, 11) is 2.36. The van der Waals surface area contributed by atoms with E-state index in [0.717, 1.165) is 0 Å². The van der Waals surface area contributed by atoms with Crippen LogP contribution in [0.2, 0.25) is 10.1 Å². The van der Waals surface area contributed by atoms with Crippen LogP contribution in [-0.4, -0.2) is 20.5 Å². The van der Waals surface area contributed by atoms with E-state index in [-0.39, 0.29) is 25.8 Å². The molecular formula is C18H30HfSi2-2. The van der Waals surface area contributed by atoms with Crippen LogP contribution >= 0.6 is 0 Å². The monoisotopic (exact) mass is 482 g/mol. The van der Waals surface area contributed by atoms with Crippen molar-refractivity contribution in [3.63, 3.8) is 0 Å². The summed E-state index contributed by atoms with van der Waals surface area (Å²) in [4.78, 5) is 0. The molecule has 0 aromatic carbocycles. The van der Waals surface area contributed by atoms with Gasteiger partial charge in [-0.1, -0.05) is 51.6 Å². The quantitative estimate of drug-likeness (QED) is 0.369. The molecular weight excluding hydrogens is 451 g/mol. The maximum atomic E-state index is 3.50. The standard InChI is InChI=1S/2C9H15Si.Hf/c2*1-6-5-9(4,10)8(3)7(6)2;/h2*1-4,10H3;/q2*-1;. The molecule has 0 amide bonds. The maximum absolute atomic E-state index is 3.50. The van der Waals surface area contributed by atoms with Gasteiger partial charge in [0.2, 0.25) is 0 Å². The van der Waals surface area contributed by atoms with E-state index in [2.05, 4.69) is 67.5 Å². The summed E-state index contributed by atoms with van der Waals surface area (Å²) in [5.41, 5.74) is 8.67. The van der Waals surface area contributed by atoms with Crippen LogP contribution in [0.25, 0.3) is 0 Å². The predicted molar refractivity (Wildman–Crippen MR) is 98.2 cm³/mol. The van der Waals surface area contributed by atoms with Crippen molar-refractivity contribution >= 4 is 20.5 Å². The number of hydrogen-bond donors (Lipinski definition) is 0. The fourth-order valence-corrected chi connectivity index (χ4v) is 4.31. The van der Waals surface area contributed by atoms with Gasteiger partial charge in [-0.05, 0) is 20.5 Å². The minimum atomic E-state index is 0. The van der Waals surface area contributed by atoms with Crippen molar-refractivity contribution in [2.24, 2.45) is 0 Å². The van der Waals surface area contributed by atoms with Gasteiger partial charge in [-0.2, -0.15) is 22.3 Å². The second kappa shape index (κ2) is 7.22. The topological polar surface area (TPSA) is 0 Å². The molecule has 0 saturated heterocycles. The van der Waals surface area contributed by atoms with E-state index in [9.17, 15) is 0 Å². The zero-order chi connectivity index (χ0) is 15.9. The summed E-state index contributed by atoms with van der Waals surface area (Å²) in [6, 6.07) is 0. The van der Waals surface area contributed by atoms with Gasteiger partial charge in [0.15, 0.2) is 0 Å². The van der Waals surface area contributed by atoms with Crippen molar-refractivity contribution in [1.29, 1.82) is 0 Å². The van der Waals surface area contributed by atoms with Crippen molar-refractivity contribution in [1.82, 2.24) is 0 Å². The number of allylic oxidation sites excluding steroid dienone is 8. The molecule has 2 unspecified atom stereocenters. The Morgan fingerprint density at radius 3 is 0.952 bits per heavy atom. The van der Waals surface area contributed by atoms with Crippen LogP contribution in [0.3, 0.4) is 0 Å². The molecule has 0 saturated carbocycles. The van der Waals surface area contributed by atoms with Gasteiger partial charge >= 0.3 is 0 Å². The van der Waals surface area contributed by atoms with E-state index >= 15 is 0 Å². The van der Waals surface area contributed by atoms with Crippen LogP contribution in [0.15, 0.2) is 33.4 Å². The fourth-order valence-electron chi connectivity index (χ4n) is 2.81. The molecule has 0 nitrogen and oxygen atoms in total. The summed E-state index contributed by atoms with van der Waals surface area (Å²) in [6.07, 6.45) is 6.99. The van der Waals surface area contributed by atoms with Gasteiger partial charge < -0.3 is 0 Å². The van der Waals surface area contributed by atoms with E-state index in [4.69, 9.17) is 0 Å². The smallest absolute Gasteiger partial charge is 0 e. The van der Waals surface area contributed by atoms with Gasteiger partial charge in [-0.3, -0.25) is 12.2 Å². The first kappa shape index (κ1) is 21.3. The van der Waals surface area contributed by atoms with Crippen LogP contribution in [0.1, 0.15) is 55.4 Å². The van der Waals surface area contributed by atoms with Crippen LogP contribution in [-0.2, 0) is 25.8 Å². The first-order chi connectivity index (χ1) is 8.90. The Morgan fingerprint density at radius 1 is 0.667 bits per heavy atom. The molecule has 2 rings (SSSR count). The first-order valence-corrected chi connectivity index (χ1v) is 9.50. The Kier molecular flexibility index (Phi) is 7.31. The molecule has 2 aliphatic rings. The third kappa shape index (κ3) is 4.62. The molecule has 0 bridgehead atoms. The minimum Gasteiger partial charge on any atom is -0.267 e. The Morgan fingerprint density at radius 2 is 0.905 bits per heavy atom. The van der Waals surface area contributed by atoms with Gasteiger partial charge in [-0.25, -0.2) is 11.1 Å². The van der Waals surface area contributed by atoms with E-state index in [1.165, 1.54) is 53.9 Å². The van der Waals surface area contributed by atoms with E-state index in [0.29, 0.717) is 10.1 Å². The SMILES string of the molecule is CC1=[C-]C(C)([SiH3])C(C)=C1C.CC1=[C-]C(C)([SiH3])C(C)=C1C.[Hf]. The summed E-state index contributed by atoms with van der Waals surface area (Å²) in [5.74, 6) is 0. The molecule has 2 atom stereocenters. The molecule has 0 aliphatic heterocycles. The Labute approximate surface area is 156 Å². The predicted octanol–water partition coefficient (Wildman–Crippen LogP) is 3.26. The number of hydrogen-bond acceptors (Lipinski definition) is 0. The van der Waals surface area contributed by atoms with Gasteiger partial charge in [-0.15, -0.1) is 13.8 Å². The maximum Gasteiger partial charge on any atom is 0 e. The molecule has 0 N–H and O–H groups in total. The van der Waals surface area contributed by atoms with Gasteiger partial charge in [0.25, 0.3) is 0 Å². The molecule has 3 heteroatoms. The van der Waals surface area contributed by atoms with Gasteiger partial charge in [0, 0.05) is 25.8 Å². The second-order valence-corrected chi connectivity index (χ2v) is 11.2. The average molecular weight is 481 g/mol. The largest absolute Gasteiger partial charge is 0.267 e. The molecule has 0 radical (unpaired) electrons. The normalized spacial score (nSPS) is 31.8. The molecule has 0 aromatic rings. The van der Waals surface area contributed by atoms with Crippen LogP contribution in [0.4, 0.5) is 0 Å². The average Bonchev–Trinajstić information content (AvgIpc) is 2.60. The van der Waals surface area contributed by atoms with E-state index < -0.39 is 0 Å². The second-order valence-electron chi connectivity index (χ2n) is 7.25. The molecule has 2 aliphatic carbocycles. The zero-order valence-corrected chi connectivity index (χ0v) is 23.1. The van der Waals surface area contributed by atoms with Crippen molar-refractivity contribution in [3.8, 4) is 0 Å².